The summed E-state index contributed by atoms with van der Waals surface area (Å²) >= 11 is 0. The molecule has 5 nitrogen and oxygen atoms in total. The third-order valence-corrected chi connectivity index (χ3v) is 5.49. The largest absolute Gasteiger partial charge is 0.422 e. The molecule has 5 heteroatoms. The summed E-state index contributed by atoms with van der Waals surface area (Å²) in [6, 6.07) is 11.9. The molecule has 1 aliphatic heterocycles. The summed E-state index contributed by atoms with van der Waals surface area (Å²) in [5.74, 6) is 0. The van der Waals surface area contributed by atoms with Crippen LogP contribution in [0.3, 0.4) is 0 Å². The molecular weight excluding hydrogens is 338 g/mol. The number of aromatic nitrogens is 1. The quantitative estimate of drug-likeness (QED) is 0.667. The average molecular weight is 363 g/mol. The standard InChI is InChI=1S/C22H25N3O2/c1-16-6-7-20-18(13-21(26)27-22(20)17(16)2)14-24-9-11-25(12-10-24)15-19-5-3-4-8-23-19/h3-8,13H,9-12,14-15H2,1-2H3. The van der Waals surface area contributed by atoms with E-state index in [0.29, 0.717) is 0 Å². The third-order valence-electron chi connectivity index (χ3n) is 5.49. The molecule has 0 aliphatic carbocycles. The van der Waals surface area contributed by atoms with E-state index in [-0.39, 0.29) is 5.63 Å². The number of nitrogens with zero attached hydrogens (tertiary/aromatic N) is 3. The Morgan fingerprint density at radius 3 is 2.44 bits per heavy atom. The molecule has 1 aromatic carbocycles. The van der Waals surface area contributed by atoms with Gasteiger partial charge in [0.1, 0.15) is 5.58 Å². The normalized spacial score (nSPS) is 16.1. The van der Waals surface area contributed by atoms with Crippen LogP contribution in [0.1, 0.15) is 22.4 Å². The SMILES string of the molecule is Cc1ccc2c(CN3CCN(Cc4ccccn4)CC3)cc(=O)oc2c1C. The van der Waals surface area contributed by atoms with Crippen LogP contribution < -0.4 is 5.63 Å². The fourth-order valence-electron chi connectivity index (χ4n) is 3.72. The predicted octanol–water partition coefficient (Wildman–Crippen LogP) is 3.12. The summed E-state index contributed by atoms with van der Waals surface area (Å²) in [5, 5.41) is 1.05. The first-order valence-electron chi connectivity index (χ1n) is 9.48. The number of hydrogen-bond donors (Lipinski definition) is 0. The van der Waals surface area contributed by atoms with Crippen molar-refractivity contribution >= 4 is 11.0 Å². The molecule has 3 aromatic rings. The van der Waals surface area contributed by atoms with E-state index in [9.17, 15) is 4.79 Å². The van der Waals surface area contributed by atoms with E-state index >= 15 is 0 Å². The molecule has 1 aliphatic rings. The molecule has 0 radical (unpaired) electrons. The third kappa shape index (κ3) is 3.94. The van der Waals surface area contributed by atoms with Crippen molar-refractivity contribution < 1.29 is 4.42 Å². The zero-order chi connectivity index (χ0) is 18.8. The molecule has 2 aromatic heterocycles. The topological polar surface area (TPSA) is 49.6 Å². The second kappa shape index (κ2) is 7.62. The minimum atomic E-state index is -0.264. The van der Waals surface area contributed by atoms with Crippen molar-refractivity contribution in [3.63, 3.8) is 0 Å². The van der Waals surface area contributed by atoms with E-state index in [4.69, 9.17) is 4.42 Å². The molecule has 4 rings (SSSR count). The fourth-order valence-corrected chi connectivity index (χ4v) is 3.72. The van der Waals surface area contributed by atoms with Gasteiger partial charge in [0.25, 0.3) is 0 Å². The number of pyridine rings is 1. The second-order valence-electron chi connectivity index (χ2n) is 7.35. The van der Waals surface area contributed by atoms with Gasteiger partial charge in [-0.3, -0.25) is 14.8 Å². The summed E-state index contributed by atoms with van der Waals surface area (Å²) in [4.78, 5) is 21.3. The first kappa shape index (κ1) is 17.9. The molecule has 0 atom stereocenters. The maximum atomic E-state index is 12.1. The minimum absolute atomic E-state index is 0.264. The van der Waals surface area contributed by atoms with Gasteiger partial charge in [-0.15, -0.1) is 0 Å². The zero-order valence-corrected chi connectivity index (χ0v) is 15.9. The van der Waals surface area contributed by atoms with Crippen LogP contribution in [0.4, 0.5) is 0 Å². The lowest BCUT2D eigenvalue weighted by atomic mass is 10.0. The molecule has 1 saturated heterocycles. The van der Waals surface area contributed by atoms with Gasteiger partial charge in [0.2, 0.25) is 0 Å². The van der Waals surface area contributed by atoms with Crippen LogP contribution in [0, 0.1) is 13.8 Å². The van der Waals surface area contributed by atoms with Gasteiger partial charge in [-0.1, -0.05) is 18.2 Å². The highest BCUT2D eigenvalue weighted by Crippen LogP contribution is 2.24. The van der Waals surface area contributed by atoms with Gasteiger partial charge in [0.15, 0.2) is 0 Å². The van der Waals surface area contributed by atoms with Crippen molar-refractivity contribution in [2.45, 2.75) is 26.9 Å². The molecule has 140 valence electrons. The number of fused-ring (bicyclic) bond motifs is 1. The number of benzene rings is 1. The van der Waals surface area contributed by atoms with Crippen LogP contribution in [0.25, 0.3) is 11.0 Å². The van der Waals surface area contributed by atoms with E-state index < -0.39 is 0 Å². The van der Waals surface area contributed by atoms with Crippen LogP contribution in [0.5, 0.6) is 0 Å². The van der Waals surface area contributed by atoms with Gasteiger partial charge in [-0.2, -0.15) is 0 Å². The Labute approximate surface area is 159 Å². The van der Waals surface area contributed by atoms with Gasteiger partial charge in [-0.25, -0.2) is 4.79 Å². The van der Waals surface area contributed by atoms with Crippen molar-refractivity contribution in [2.24, 2.45) is 0 Å². The maximum Gasteiger partial charge on any atom is 0.336 e. The molecule has 27 heavy (non-hydrogen) atoms. The van der Waals surface area contributed by atoms with Crippen LogP contribution >= 0.6 is 0 Å². The summed E-state index contributed by atoms with van der Waals surface area (Å²) in [6.07, 6.45) is 1.85. The molecule has 1 fully saturated rings. The number of piperazine rings is 1. The summed E-state index contributed by atoms with van der Waals surface area (Å²) in [7, 11) is 0. The van der Waals surface area contributed by atoms with Crippen LogP contribution in [0.15, 0.2) is 51.8 Å². The van der Waals surface area contributed by atoms with Crippen LogP contribution in [0.2, 0.25) is 0 Å². The molecule has 0 amide bonds. The van der Waals surface area contributed by atoms with Crippen LogP contribution in [-0.4, -0.2) is 41.0 Å². The smallest absolute Gasteiger partial charge is 0.336 e. The van der Waals surface area contributed by atoms with Crippen LogP contribution in [-0.2, 0) is 13.1 Å². The Kier molecular flexibility index (Phi) is 5.05. The fraction of sp³-hybridized carbons (Fsp3) is 0.364. The highest BCUT2D eigenvalue weighted by Gasteiger charge is 2.19. The molecule has 0 spiro atoms. The van der Waals surface area contributed by atoms with Crippen molar-refractivity contribution in [1.29, 1.82) is 0 Å². The van der Waals surface area contributed by atoms with E-state index in [1.165, 1.54) is 0 Å². The summed E-state index contributed by atoms with van der Waals surface area (Å²) in [5.41, 5.74) is 4.83. The Bertz CT molecular complexity index is 990. The van der Waals surface area contributed by atoms with Gasteiger partial charge in [0, 0.05) is 56.9 Å². The predicted molar refractivity (Wildman–Crippen MR) is 107 cm³/mol. The average Bonchev–Trinajstić information content (AvgIpc) is 2.67. The van der Waals surface area contributed by atoms with Crippen molar-refractivity contribution in [2.75, 3.05) is 26.2 Å². The maximum absolute atomic E-state index is 12.1. The van der Waals surface area contributed by atoms with Gasteiger partial charge < -0.3 is 4.42 Å². The summed E-state index contributed by atoms with van der Waals surface area (Å²) in [6.45, 7) is 9.72. The van der Waals surface area contributed by atoms with Gasteiger partial charge >= 0.3 is 5.63 Å². The minimum Gasteiger partial charge on any atom is -0.422 e. The van der Waals surface area contributed by atoms with E-state index in [0.717, 1.165) is 72.6 Å². The first-order valence-corrected chi connectivity index (χ1v) is 9.48. The van der Waals surface area contributed by atoms with E-state index in [1.807, 2.05) is 32.2 Å². The highest BCUT2D eigenvalue weighted by molar-refractivity contribution is 5.83. The lowest BCUT2D eigenvalue weighted by molar-refractivity contribution is 0.121. The first-order chi connectivity index (χ1) is 13.1. The molecule has 0 N–H and O–H groups in total. The van der Waals surface area contributed by atoms with Crippen molar-refractivity contribution in [1.82, 2.24) is 14.8 Å². The Balaban J connectivity index is 1.46. The molecule has 0 unspecified atom stereocenters. The second-order valence-corrected chi connectivity index (χ2v) is 7.35. The Morgan fingerprint density at radius 2 is 1.74 bits per heavy atom. The molecule has 0 bridgehead atoms. The number of rotatable bonds is 4. The highest BCUT2D eigenvalue weighted by atomic mass is 16.4. The summed E-state index contributed by atoms with van der Waals surface area (Å²) < 4.78 is 5.50. The Hall–Kier alpha value is -2.50. The Morgan fingerprint density at radius 1 is 1.00 bits per heavy atom. The zero-order valence-electron chi connectivity index (χ0n) is 15.9. The molecular formula is C22H25N3O2. The molecule has 3 heterocycles. The number of aryl methyl sites for hydroxylation is 2. The van der Waals surface area contributed by atoms with Crippen molar-refractivity contribution in [3.8, 4) is 0 Å². The monoisotopic (exact) mass is 363 g/mol. The van der Waals surface area contributed by atoms with E-state index in [2.05, 4.69) is 33.0 Å². The number of hydrogen-bond acceptors (Lipinski definition) is 5. The lowest BCUT2D eigenvalue weighted by Gasteiger charge is -2.34. The van der Waals surface area contributed by atoms with Gasteiger partial charge in [0.05, 0.1) is 5.69 Å². The van der Waals surface area contributed by atoms with Crippen molar-refractivity contribution in [3.05, 3.63) is 75.4 Å². The van der Waals surface area contributed by atoms with E-state index in [1.54, 1.807) is 6.07 Å². The molecule has 0 saturated carbocycles. The van der Waals surface area contributed by atoms with Gasteiger partial charge in [-0.05, 0) is 42.7 Å². The lowest BCUT2D eigenvalue weighted by Crippen LogP contribution is -2.45.